The van der Waals surface area contributed by atoms with Crippen LogP contribution in [0.2, 0.25) is 0 Å². The predicted octanol–water partition coefficient (Wildman–Crippen LogP) is 0.00932. The van der Waals surface area contributed by atoms with Crippen molar-refractivity contribution < 1.29 is 32.9 Å². The van der Waals surface area contributed by atoms with Gasteiger partial charge in [0.05, 0.1) is 25.0 Å². The quantitative estimate of drug-likeness (QED) is 0.406. The highest BCUT2D eigenvalue weighted by Crippen LogP contribution is 2.66. The highest BCUT2D eigenvalue weighted by atomic mass is 31.2. The van der Waals surface area contributed by atoms with Crippen molar-refractivity contribution in [1.82, 2.24) is 9.55 Å². The zero-order chi connectivity index (χ0) is 21.3. The number of H-pyrrole nitrogens is 1. The molecule has 164 valence electrons. The van der Waals surface area contributed by atoms with E-state index in [9.17, 15) is 19.3 Å². The van der Waals surface area contributed by atoms with Crippen molar-refractivity contribution in [2.75, 3.05) is 34.5 Å². The average molecular weight is 434 g/mol. The molecule has 2 N–H and O–H groups in total. The first-order valence-electron chi connectivity index (χ1n) is 9.24. The number of aromatic nitrogens is 2. The van der Waals surface area contributed by atoms with Crippen LogP contribution in [0.1, 0.15) is 18.2 Å². The largest absolute Gasteiger partial charge is 0.387 e. The van der Waals surface area contributed by atoms with Crippen LogP contribution in [-0.4, -0.2) is 73.2 Å². The lowest BCUT2D eigenvalue weighted by Crippen LogP contribution is -2.40. The summed E-state index contributed by atoms with van der Waals surface area (Å²) in [5.41, 5.74) is -1.27. The van der Waals surface area contributed by atoms with Crippen LogP contribution < -0.4 is 11.2 Å². The Labute approximate surface area is 167 Å². The molecule has 2 heterocycles. The Hall–Kier alpha value is -1.33. The van der Waals surface area contributed by atoms with Crippen molar-refractivity contribution in [3.63, 3.8) is 0 Å². The summed E-state index contributed by atoms with van der Waals surface area (Å²) in [7, 11) is 0.837. The van der Waals surface area contributed by atoms with E-state index < -0.39 is 49.0 Å². The minimum atomic E-state index is -3.31. The zero-order valence-electron chi connectivity index (χ0n) is 16.8. The number of aliphatic hydroxyl groups excluding tert-OH is 1. The number of nitrogens with zero attached hydrogens (tertiary/aromatic N) is 1. The Kier molecular flexibility index (Phi) is 6.79. The van der Waals surface area contributed by atoms with Crippen LogP contribution >= 0.6 is 7.60 Å². The molecule has 0 bridgehead atoms. The Balaban J connectivity index is 1.88. The van der Waals surface area contributed by atoms with Crippen molar-refractivity contribution in [2.45, 2.75) is 43.5 Å². The molecule has 1 aliphatic heterocycles. The van der Waals surface area contributed by atoms with Gasteiger partial charge in [0.15, 0.2) is 6.23 Å². The summed E-state index contributed by atoms with van der Waals surface area (Å²) in [6, 6.07) is 0. The number of aromatic amines is 1. The number of nitrogens with one attached hydrogen (secondary N) is 1. The molecule has 0 radical (unpaired) electrons. The smallest absolute Gasteiger partial charge is 0.333 e. The van der Waals surface area contributed by atoms with Gasteiger partial charge in [-0.1, -0.05) is 0 Å². The number of aliphatic hydroxyl groups is 1. The number of rotatable bonds is 9. The van der Waals surface area contributed by atoms with Crippen LogP contribution in [0.4, 0.5) is 0 Å². The van der Waals surface area contributed by atoms with Crippen molar-refractivity contribution >= 4 is 7.60 Å². The van der Waals surface area contributed by atoms with E-state index in [1.54, 1.807) is 6.92 Å². The van der Waals surface area contributed by atoms with Gasteiger partial charge in [0.1, 0.15) is 12.2 Å². The maximum atomic E-state index is 12.6. The van der Waals surface area contributed by atoms with Gasteiger partial charge >= 0.3 is 13.3 Å². The fraction of sp³-hybridized carbons (Fsp3) is 0.765. The molecular formula is C17H27N2O9P. The van der Waals surface area contributed by atoms with Gasteiger partial charge in [0, 0.05) is 39.0 Å². The normalized spacial score (nSPS) is 31.9. The van der Waals surface area contributed by atoms with Gasteiger partial charge in [-0.3, -0.25) is 18.9 Å². The molecule has 1 saturated heterocycles. The molecule has 3 rings (SSSR count). The number of hydrogen-bond acceptors (Lipinski definition) is 9. The van der Waals surface area contributed by atoms with Gasteiger partial charge in [0.2, 0.25) is 0 Å². The SMILES string of the molecule is COCCO[C@@H]1[C@H](O)[C@@H](C2CC2P(=O)(OC)OC)O[C@H]1n1cc(C)c(=O)[nH]c1=O. The minimum absolute atomic E-state index is 0.171. The molecule has 1 aromatic rings. The lowest BCUT2D eigenvalue weighted by Gasteiger charge is -2.22. The number of methoxy groups -OCH3 is 1. The summed E-state index contributed by atoms with van der Waals surface area (Å²) in [5, 5.41) is 10.9. The average Bonchev–Trinajstić information content (AvgIpc) is 3.44. The van der Waals surface area contributed by atoms with E-state index in [2.05, 4.69) is 4.98 Å². The van der Waals surface area contributed by atoms with E-state index in [4.69, 9.17) is 23.3 Å². The van der Waals surface area contributed by atoms with E-state index in [1.165, 1.54) is 32.1 Å². The Morgan fingerprint density at radius 3 is 2.59 bits per heavy atom. The molecule has 29 heavy (non-hydrogen) atoms. The van der Waals surface area contributed by atoms with Crippen LogP contribution in [0.15, 0.2) is 15.8 Å². The van der Waals surface area contributed by atoms with Gasteiger partial charge in [-0.15, -0.1) is 0 Å². The van der Waals surface area contributed by atoms with Gasteiger partial charge in [-0.2, -0.15) is 0 Å². The molecule has 12 heteroatoms. The van der Waals surface area contributed by atoms with Crippen LogP contribution in [-0.2, 0) is 27.8 Å². The number of ether oxygens (including phenoxy) is 3. The van der Waals surface area contributed by atoms with E-state index >= 15 is 0 Å². The highest BCUT2D eigenvalue weighted by Gasteiger charge is 2.61. The molecule has 1 saturated carbocycles. The molecular weight excluding hydrogens is 407 g/mol. The summed E-state index contributed by atoms with van der Waals surface area (Å²) in [4.78, 5) is 26.3. The minimum Gasteiger partial charge on any atom is -0.387 e. The third kappa shape index (κ3) is 4.27. The fourth-order valence-corrected chi connectivity index (χ4v) is 5.57. The molecule has 0 aromatic carbocycles. The van der Waals surface area contributed by atoms with E-state index in [0.29, 0.717) is 12.0 Å². The first-order chi connectivity index (χ1) is 13.8. The third-order valence-electron chi connectivity index (χ3n) is 5.41. The van der Waals surface area contributed by atoms with Gasteiger partial charge in [0.25, 0.3) is 5.56 Å². The summed E-state index contributed by atoms with van der Waals surface area (Å²) in [5.74, 6) is -0.284. The van der Waals surface area contributed by atoms with Crippen molar-refractivity contribution in [3.8, 4) is 0 Å². The molecule has 0 amide bonds. The Bertz CT molecular complexity index is 876. The molecule has 1 aromatic heterocycles. The topological polar surface area (TPSA) is 138 Å². The van der Waals surface area contributed by atoms with Crippen molar-refractivity contribution in [3.05, 3.63) is 32.6 Å². The van der Waals surface area contributed by atoms with Gasteiger partial charge in [-0.05, 0) is 13.3 Å². The van der Waals surface area contributed by atoms with E-state index in [0.717, 1.165) is 0 Å². The van der Waals surface area contributed by atoms with Crippen molar-refractivity contribution in [1.29, 1.82) is 0 Å². The maximum absolute atomic E-state index is 12.6. The number of hydrogen-bond donors (Lipinski definition) is 2. The summed E-state index contributed by atoms with van der Waals surface area (Å²) < 4.78 is 40.7. The lowest BCUT2D eigenvalue weighted by molar-refractivity contribution is -0.0806. The second kappa shape index (κ2) is 8.81. The Morgan fingerprint density at radius 1 is 1.28 bits per heavy atom. The summed E-state index contributed by atoms with van der Waals surface area (Å²) >= 11 is 0. The monoisotopic (exact) mass is 434 g/mol. The second-order valence-corrected chi connectivity index (χ2v) is 9.63. The molecule has 2 unspecified atom stereocenters. The van der Waals surface area contributed by atoms with Crippen molar-refractivity contribution in [2.24, 2.45) is 5.92 Å². The molecule has 0 spiro atoms. The zero-order valence-corrected chi connectivity index (χ0v) is 17.7. The van der Waals surface area contributed by atoms with E-state index in [1.807, 2.05) is 0 Å². The Morgan fingerprint density at radius 2 is 1.97 bits per heavy atom. The van der Waals surface area contributed by atoms with Crippen LogP contribution in [0.3, 0.4) is 0 Å². The third-order valence-corrected chi connectivity index (χ3v) is 7.83. The second-order valence-electron chi connectivity index (χ2n) is 7.16. The molecule has 2 fully saturated rings. The van der Waals surface area contributed by atoms with Crippen LogP contribution in [0.5, 0.6) is 0 Å². The standard InChI is InChI=1S/C17H27N2O9P/c1-9-8-19(17(22)18-15(9)21)16-14(27-6-5-24-2)12(20)13(28-16)10-7-11(10)29(23,25-3)26-4/h8,10-14,16,20H,5-7H2,1-4H3,(H,18,21,22)/t10?,11?,12-,13-,14-,16-/m1/s1. The summed E-state index contributed by atoms with van der Waals surface area (Å²) in [6.45, 7) is 2.02. The molecule has 2 aliphatic rings. The predicted molar refractivity (Wildman–Crippen MR) is 101 cm³/mol. The first kappa shape index (κ1) is 22.4. The highest BCUT2D eigenvalue weighted by molar-refractivity contribution is 7.55. The van der Waals surface area contributed by atoms with E-state index in [-0.39, 0.29) is 19.1 Å². The summed E-state index contributed by atoms with van der Waals surface area (Å²) in [6.07, 6.45) is -1.83. The lowest BCUT2D eigenvalue weighted by atomic mass is 10.1. The number of aryl methyl sites for hydroxylation is 1. The molecule has 1 aliphatic carbocycles. The fourth-order valence-electron chi connectivity index (χ4n) is 3.74. The van der Waals surface area contributed by atoms with Gasteiger partial charge < -0.3 is 28.4 Å². The molecule has 6 atom stereocenters. The van der Waals surface area contributed by atoms with Gasteiger partial charge in [-0.25, -0.2) is 4.79 Å². The van der Waals surface area contributed by atoms with Crippen LogP contribution in [0, 0.1) is 12.8 Å². The molecule has 11 nitrogen and oxygen atoms in total. The maximum Gasteiger partial charge on any atom is 0.333 e. The first-order valence-corrected chi connectivity index (χ1v) is 10.9. The van der Waals surface area contributed by atoms with Crippen LogP contribution in [0.25, 0.3) is 0 Å².